The summed E-state index contributed by atoms with van der Waals surface area (Å²) in [6, 6.07) is 11.2. The minimum absolute atomic E-state index is 0.0117. The summed E-state index contributed by atoms with van der Waals surface area (Å²) in [5, 5.41) is 0.375. The first-order valence-corrected chi connectivity index (χ1v) is 9.41. The van der Waals surface area contributed by atoms with Crippen LogP contribution in [-0.4, -0.2) is 27.5 Å². The highest BCUT2D eigenvalue weighted by Crippen LogP contribution is 2.22. The van der Waals surface area contributed by atoms with Gasteiger partial charge < -0.3 is 10.5 Å². The van der Waals surface area contributed by atoms with Crippen molar-refractivity contribution in [2.75, 3.05) is 13.2 Å². The van der Waals surface area contributed by atoms with Crippen LogP contribution in [0.15, 0.2) is 47.4 Å². The summed E-state index contributed by atoms with van der Waals surface area (Å²) >= 11 is 5.95. The topological polar surface area (TPSA) is 98.5 Å². The zero-order chi connectivity index (χ0) is 19.2. The van der Waals surface area contributed by atoms with E-state index in [2.05, 4.69) is 16.6 Å². The maximum atomic E-state index is 12.3. The van der Waals surface area contributed by atoms with Crippen molar-refractivity contribution in [1.82, 2.24) is 4.72 Å². The Kier molecular flexibility index (Phi) is 6.64. The van der Waals surface area contributed by atoms with Crippen LogP contribution in [0.4, 0.5) is 0 Å². The fourth-order valence-corrected chi connectivity index (χ4v) is 3.53. The van der Waals surface area contributed by atoms with Gasteiger partial charge in [-0.05, 0) is 36.8 Å². The van der Waals surface area contributed by atoms with Gasteiger partial charge in [0.25, 0.3) is 5.91 Å². The highest BCUT2D eigenvalue weighted by Gasteiger charge is 2.16. The third-order valence-corrected chi connectivity index (χ3v) is 5.39. The standard InChI is InChI=1S/C18H17ClN2O4S/c1-13-15(19)8-6-10-17(13)26(23,24)21-11-4-5-12-25-16-9-3-2-7-14(16)18(20)22/h2-3,6-10,21H,11-12H2,1H3,(H2,20,22). The Morgan fingerprint density at radius 3 is 2.65 bits per heavy atom. The average Bonchev–Trinajstić information content (AvgIpc) is 2.60. The maximum absolute atomic E-state index is 12.3. The van der Waals surface area contributed by atoms with Crippen molar-refractivity contribution in [3.8, 4) is 17.6 Å². The van der Waals surface area contributed by atoms with E-state index < -0.39 is 15.9 Å². The van der Waals surface area contributed by atoms with Gasteiger partial charge in [0.2, 0.25) is 10.0 Å². The molecule has 2 rings (SSSR count). The molecule has 0 heterocycles. The van der Waals surface area contributed by atoms with Crippen LogP contribution in [0.1, 0.15) is 15.9 Å². The molecule has 8 heteroatoms. The second-order valence-corrected chi connectivity index (χ2v) is 7.33. The van der Waals surface area contributed by atoms with Crippen LogP contribution in [0.3, 0.4) is 0 Å². The van der Waals surface area contributed by atoms with E-state index in [1.165, 1.54) is 6.07 Å². The summed E-state index contributed by atoms with van der Waals surface area (Å²) in [6.07, 6.45) is 0. The van der Waals surface area contributed by atoms with Gasteiger partial charge in [0, 0.05) is 5.02 Å². The molecule has 0 radical (unpaired) electrons. The highest BCUT2D eigenvalue weighted by molar-refractivity contribution is 7.89. The normalized spacial score (nSPS) is 10.7. The Morgan fingerprint density at radius 2 is 1.92 bits per heavy atom. The summed E-state index contributed by atoms with van der Waals surface area (Å²) in [5.74, 6) is 5.05. The number of halogens is 1. The van der Waals surface area contributed by atoms with Gasteiger partial charge in [0.15, 0.2) is 0 Å². The molecule has 2 aromatic rings. The number of rotatable bonds is 6. The molecule has 6 nitrogen and oxygen atoms in total. The van der Waals surface area contributed by atoms with Gasteiger partial charge in [-0.25, -0.2) is 8.42 Å². The molecule has 0 aliphatic rings. The summed E-state index contributed by atoms with van der Waals surface area (Å²) in [6.45, 7) is 1.53. The smallest absolute Gasteiger partial charge is 0.252 e. The van der Waals surface area contributed by atoms with Crippen LogP contribution in [0.2, 0.25) is 5.02 Å². The van der Waals surface area contributed by atoms with Gasteiger partial charge in [0.1, 0.15) is 12.4 Å². The molecular formula is C18H17ClN2O4S. The van der Waals surface area contributed by atoms with E-state index in [4.69, 9.17) is 22.1 Å². The molecule has 136 valence electrons. The van der Waals surface area contributed by atoms with Crippen LogP contribution < -0.4 is 15.2 Å². The van der Waals surface area contributed by atoms with Crippen LogP contribution in [0, 0.1) is 18.8 Å². The van der Waals surface area contributed by atoms with Gasteiger partial charge in [0.05, 0.1) is 17.0 Å². The predicted octanol–water partition coefficient (Wildman–Crippen LogP) is 2.11. The number of para-hydroxylation sites is 1. The lowest BCUT2D eigenvalue weighted by Crippen LogP contribution is -2.24. The molecule has 0 saturated carbocycles. The van der Waals surface area contributed by atoms with E-state index in [1.54, 1.807) is 43.3 Å². The minimum atomic E-state index is -3.71. The molecular weight excluding hydrogens is 376 g/mol. The lowest BCUT2D eigenvalue weighted by Gasteiger charge is -2.08. The molecule has 2 aromatic carbocycles. The number of hydrogen-bond donors (Lipinski definition) is 2. The Morgan fingerprint density at radius 1 is 1.19 bits per heavy atom. The number of amides is 1. The molecule has 0 fully saturated rings. The quantitative estimate of drug-likeness (QED) is 0.735. The Balaban J connectivity index is 1.93. The van der Waals surface area contributed by atoms with E-state index >= 15 is 0 Å². The Hall–Kier alpha value is -2.53. The first-order chi connectivity index (χ1) is 12.3. The third kappa shape index (κ3) is 4.99. The number of hydrogen-bond acceptors (Lipinski definition) is 4. The van der Waals surface area contributed by atoms with E-state index in [9.17, 15) is 13.2 Å². The summed E-state index contributed by atoms with van der Waals surface area (Å²) in [4.78, 5) is 11.4. The molecule has 0 saturated heterocycles. The summed E-state index contributed by atoms with van der Waals surface area (Å²) in [7, 11) is -3.71. The molecule has 0 aromatic heterocycles. The van der Waals surface area contributed by atoms with Crippen LogP contribution in [0.5, 0.6) is 5.75 Å². The number of carbonyl (C=O) groups is 1. The second kappa shape index (κ2) is 8.72. The summed E-state index contributed by atoms with van der Waals surface area (Å²) < 4.78 is 32.3. The van der Waals surface area contributed by atoms with E-state index in [1.807, 2.05) is 0 Å². The number of ether oxygens (including phenoxy) is 1. The lowest BCUT2D eigenvalue weighted by atomic mass is 10.2. The van der Waals surface area contributed by atoms with E-state index in [0.29, 0.717) is 16.3 Å². The molecule has 0 bridgehead atoms. The van der Waals surface area contributed by atoms with E-state index in [0.717, 1.165) is 0 Å². The predicted molar refractivity (Wildman–Crippen MR) is 99.6 cm³/mol. The van der Waals surface area contributed by atoms with Crippen molar-refractivity contribution < 1.29 is 17.9 Å². The molecule has 0 aliphatic carbocycles. The van der Waals surface area contributed by atoms with Crippen molar-refractivity contribution in [3.63, 3.8) is 0 Å². The van der Waals surface area contributed by atoms with Crippen LogP contribution in [-0.2, 0) is 10.0 Å². The molecule has 0 aliphatic heterocycles. The Bertz CT molecular complexity index is 978. The number of sulfonamides is 1. The first-order valence-electron chi connectivity index (χ1n) is 7.55. The van der Waals surface area contributed by atoms with Crippen molar-refractivity contribution >= 4 is 27.5 Å². The minimum Gasteiger partial charge on any atom is -0.480 e. The van der Waals surface area contributed by atoms with Gasteiger partial charge in [-0.1, -0.05) is 41.6 Å². The molecule has 0 spiro atoms. The van der Waals surface area contributed by atoms with Gasteiger partial charge >= 0.3 is 0 Å². The molecule has 0 unspecified atom stereocenters. The van der Waals surface area contributed by atoms with Crippen molar-refractivity contribution in [1.29, 1.82) is 0 Å². The Labute approximate surface area is 157 Å². The number of nitrogens with two attached hydrogens (primary N) is 1. The monoisotopic (exact) mass is 392 g/mol. The van der Waals surface area contributed by atoms with E-state index in [-0.39, 0.29) is 23.6 Å². The molecule has 26 heavy (non-hydrogen) atoms. The van der Waals surface area contributed by atoms with Gasteiger partial charge in [-0.15, -0.1) is 0 Å². The van der Waals surface area contributed by atoms with Crippen molar-refractivity contribution in [3.05, 3.63) is 58.6 Å². The third-order valence-electron chi connectivity index (χ3n) is 3.44. The second-order valence-electron chi connectivity index (χ2n) is 5.19. The first kappa shape index (κ1) is 19.8. The van der Waals surface area contributed by atoms with Crippen molar-refractivity contribution in [2.45, 2.75) is 11.8 Å². The number of nitrogens with one attached hydrogen (secondary N) is 1. The number of carbonyl (C=O) groups excluding carboxylic acids is 1. The fourth-order valence-electron chi connectivity index (χ4n) is 2.11. The van der Waals surface area contributed by atoms with Crippen molar-refractivity contribution in [2.24, 2.45) is 5.73 Å². The van der Waals surface area contributed by atoms with Crippen LogP contribution in [0.25, 0.3) is 0 Å². The SMILES string of the molecule is Cc1c(Cl)cccc1S(=O)(=O)NCC#CCOc1ccccc1C(N)=O. The zero-order valence-electron chi connectivity index (χ0n) is 14.0. The zero-order valence-corrected chi connectivity index (χ0v) is 15.5. The van der Waals surface area contributed by atoms with Gasteiger partial charge in [-0.2, -0.15) is 4.72 Å². The van der Waals surface area contributed by atoms with Gasteiger partial charge in [-0.3, -0.25) is 4.79 Å². The number of primary amides is 1. The largest absolute Gasteiger partial charge is 0.480 e. The molecule has 3 N–H and O–H groups in total. The molecule has 1 amide bonds. The maximum Gasteiger partial charge on any atom is 0.252 e. The molecule has 0 atom stereocenters. The highest BCUT2D eigenvalue weighted by atomic mass is 35.5. The number of benzene rings is 2. The average molecular weight is 393 g/mol. The fraction of sp³-hybridized carbons (Fsp3) is 0.167. The van der Waals surface area contributed by atoms with Crippen LogP contribution >= 0.6 is 11.6 Å². The lowest BCUT2D eigenvalue weighted by molar-refractivity contribution is 0.0997. The summed E-state index contributed by atoms with van der Waals surface area (Å²) in [5.41, 5.74) is 5.98.